The molecule has 1 saturated heterocycles. The van der Waals surface area contributed by atoms with Gasteiger partial charge >= 0.3 is 18.3 Å². The number of carbonyl (C=O) groups excluding carboxylic acids is 7. The molecule has 132 heavy (non-hydrogen) atoms. The smallest absolute Gasteiger partial charge is 0.411 e. The van der Waals surface area contributed by atoms with Crippen molar-refractivity contribution in [3.63, 3.8) is 0 Å². The van der Waals surface area contributed by atoms with Gasteiger partial charge in [0, 0.05) is 140 Å². The SMILES string of the molecule is Cc1cc2ccc1[C@@H](C)COC(=O)Nc1ccc(C(=O)N3CCC3)c(c1)CN(C)C(=O)[C@@H]2Nc1ccc2c(N)nccc2c1.Cc1cc2ccc1[C@@H](C)COC(=O)Nc1ccc(CC3CC3)c(c1)CN(C)C(=O)[C@@H]2Nc1cc(F)c2c(N)nccc2c1.Cc1cc2ccc1[C@@H](C)COC(=O)Nc1ccc(S(=O)(=O)C(C)C)c(c1)CN(C)C(=O)[C@@H]2Nc1ccc2c(N)ncc(F)c2c1. The van der Waals surface area contributed by atoms with Gasteiger partial charge in [-0.2, -0.15) is 0 Å². The van der Waals surface area contributed by atoms with Gasteiger partial charge in [-0.25, -0.2) is 46.5 Å². The summed E-state index contributed by atoms with van der Waals surface area (Å²) in [7, 11) is 1.34. The van der Waals surface area contributed by atoms with Crippen molar-refractivity contribution in [2.45, 2.75) is 147 Å². The number of fused-ring (bicyclic) bond motifs is 30. The van der Waals surface area contributed by atoms with Crippen molar-refractivity contribution in [1.29, 1.82) is 0 Å². The van der Waals surface area contributed by atoms with E-state index in [1.807, 2.05) is 139 Å². The quantitative estimate of drug-likeness (QED) is 0.0543. The molecule has 7 amide bonds. The number of sulfone groups is 1. The van der Waals surface area contributed by atoms with Gasteiger partial charge in [-0.1, -0.05) is 81.4 Å². The number of nitrogen functional groups attached to an aromatic ring is 3. The molecule has 2 fully saturated rings. The van der Waals surface area contributed by atoms with E-state index in [0.717, 1.165) is 91.1 Å². The minimum atomic E-state index is -3.74. The zero-order valence-electron chi connectivity index (χ0n) is 75.4. The highest BCUT2D eigenvalue weighted by Gasteiger charge is 2.35. The Morgan fingerprint density at radius 1 is 0.485 bits per heavy atom. The molecule has 3 aromatic heterocycles. The highest BCUT2D eigenvalue weighted by atomic mass is 32.2. The van der Waals surface area contributed by atoms with Gasteiger partial charge in [-0.15, -0.1) is 0 Å². The maximum absolute atomic E-state index is 15.2. The predicted octanol–water partition coefficient (Wildman–Crippen LogP) is 18.1. The van der Waals surface area contributed by atoms with E-state index in [1.165, 1.54) is 42.1 Å². The van der Waals surface area contributed by atoms with Crippen molar-refractivity contribution in [2.24, 2.45) is 5.92 Å². The van der Waals surface area contributed by atoms with Crippen LogP contribution in [0.15, 0.2) is 193 Å². The van der Waals surface area contributed by atoms with Crippen molar-refractivity contribution >= 4 is 136 Å². The lowest BCUT2D eigenvalue weighted by Gasteiger charge is -2.32. The highest BCUT2D eigenvalue weighted by molar-refractivity contribution is 7.92. The Labute approximate surface area is 764 Å². The van der Waals surface area contributed by atoms with E-state index in [0.29, 0.717) is 92.8 Å². The van der Waals surface area contributed by atoms with Crippen LogP contribution in [0.25, 0.3) is 32.3 Å². The van der Waals surface area contributed by atoms with E-state index < -0.39 is 63.1 Å². The number of halogens is 2. The molecule has 6 atom stereocenters. The Hall–Kier alpha value is -14.5. The fourth-order valence-corrected chi connectivity index (χ4v) is 18.6. The first-order chi connectivity index (χ1) is 63.1. The number of amides is 7. The molecule has 12 bridgehead atoms. The van der Waals surface area contributed by atoms with E-state index >= 15 is 4.39 Å². The second kappa shape index (κ2) is 39.1. The van der Waals surface area contributed by atoms with Crippen LogP contribution >= 0.6 is 0 Å². The maximum Gasteiger partial charge on any atom is 0.411 e. The number of nitrogens with zero attached hydrogens (tertiary/aromatic N) is 7. The summed E-state index contributed by atoms with van der Waals surface area (Å²) < 4.78 is 73.2. The molecule has 10 heterocycles. The lowest BCUT2D eigenvalue weighted by molar-refractivity contribution is -0.132. The lowest BCUT2D eigenvalue weighted by Crippen LogP contribution is -2.42. The van der Waals surface area contributed by atoms with Crippen LogP contribution < -0.4 is 49.1 Å². The Bertz CT molecular complexity index is 6650. The van der Waals surface area contributed by atoms with Crippen molar-refractivity contribution in [3.8, 4) is 0 Å². The molecule has 684 valence electrons. The number of benzene rings is 9. The lowest BCUT2D eigenvalue weighted by atomic mass is 9.92. The number of pyridine rings is 3. The summed E-state index contributed by atoms with van der Waals surface area (Å²) in [6.07, 6.45) is 6.78. The minimum absolute atomic E-state index is 0.0618. The number of aryl methyl sites for hydroxylation is 3. The zero-order chi connectivity index (χ0) is 93.8. The number of anilines is 9. The molecule has 1 saturated carbocycles. The largest absolute Gasteiger partial charge is 0.449 e. The third-order valence-corrected chi connectivity index (χ3v) is 27.3. The highest BCUT2D eigenvalue weighted by Crippen LogP contribution is 2.40. The molecule has 31 heteroatoms. The number of likely N-dealkylation sites (N-methyl/N-ethyl adjacent to an activating group) is 3. The molecule has 7 aliphatic heterocycles. The molecule has 12 N–H and O–H groups in total. The number of ether oxygens (including phenoxy) is 3. The van der Waals surface area contributed by atoms with Crippen LogP contribution in [-0.2, 0) is 64.5 Å². The van der Waals surface area contributed by atoms with Crippen LogP contribution in [-0.4, -0.2) is 144 Å². The number of carbonyl (C=O) groups is 7. The number of likely N-dealkylation sites (tertiary alicyclic amines) is 1. The average molecular weight is 1810 g/mol. The summed E-state index contributed by atoms with van der Waals surface area (Å²) in [4.78, 5) is 113. The molecule has 28 nitrogen and oxygen atoms in total. The number of hydrogen-bond acceptors (Lipinski definition) is 21. The Morgan fingerprint density at radius 2 is 0.932 bits per heavy atom. The van der Waals surface area contributed by atoms with E-state index in [1.54, 1.807) is 110 Å². The monoisotopic (exact) mass is 1810 g/mol. The van der Waals surface area contributed by atoms with Crippen LogP contribution in [0.4, 0.5) is 74.7 Å². The topological polar surface area (TPSA) is 383 Å². The Balaban J connectivity index is 0.000000151. The zero-order valence-corrected chi connectivity index (χ0v) is 76.2. The third-order valence-electron chi connectivity index (χ3n) is 25.0. The van der Waals surface area contributed by atoms with Crippen molar-refractivity contribution < 1.29 is 65.0 Å². The predicted molar refractivity (Wildman–Crippen MR) is 509 cm³/mol. The molecular weight excluding hydrogens is 1700 g/mol. The molecule has 9 aromatic carbocycles. The van der Waals surface area contributed by atoms with Gasteiger partial charge in [-0.05, 0) is 259 Å². The average Bonchev–Trinajstić information content (AvgIpc) is 0.884. The van der Waals surface area contributed by atoms with Gasteiger partial charge in [0.25, 0.3) is 5.91 Å². The van der Waals surface area contributed by atoms with Gasteiger partial charge in [0.05, 0.1) is 41.5 Å². The van der Waals surface area contributed by atoms with E-state index in [2.05, 4.69) is 46.9 Å². The molecular formula is C101H108F2N16O12S. The normalized spacial score (nSPS) is 18.7. The standard InChI is InChI=1S/C34H36FN5O3.C34H36N6O4.C33H36FN5O5S/c1-19-12-24-7-9-28(19)20(2)18-43-34(42)39-26-8-6-22(13-21-4-5-21)25(15-26)17-40(3)33(41)31(24)38-27-14-23-10-11-37-32(36)30(23)29(35)16-27;1-20-15-23-5-8-27(20)21(2)19-44-34(43)38-26-7-10-29(32(41)40-13-4-14-40)24(17-26)18-39(3)33(42)30(23)37-25-6-9-28-22(16-25)11-12-36-31(28)35;1-18(2)45(42,43)29-11-8-23-13-22(29)16-39(5)32(40)30(37-24-7-10-26-27(14-24)28(34)15-36-31(26)35)21-6-9-25(19(3)12-21)20(4)17-44-33(41)38-23/h6-12,14-16,20-21,31,38H,4-5,13,17-18H2,1-3H3,(H2,36,37)(H,39,42);5-12,15-17,21,30,37H,4,13-14,18-19H2,1-3H3,(H2,35,36)(H,38,43);6-15,18,20,30,37H,16-17H2,1-5H3,(H2,35,36)(H,38,41)/t20-,31+;21-,30+;20-,30+/m000/s1. The van der Waals surface area contributed by atoms with Gasteiger partial charge in [0.1, 0.15) is 47.2 Å². The Morgan fingerprint density at radius 3 is 1.44 bits per heavy atom. The van der Waals surface area contributed by atoms with E-state index in [4.69, 9.17) is 31.4 Å². The second-order valence-electron chi connectivity index (χ2n) is 35.2. The summed E-state index contributed by atoms with van der Waals surface area (Å²) in [6.45, 7) is 17.3. The molecule has 12 aromatic rings. The van der Waals surface area contributed by atoms with Crippen LogP contribution in [0.3, 0.4) is 0 Å². The van der Waals surface area contributed by atoms with Crippen LogP contribution in [0.1, 0.15) is 172 Å². The fraction of sp³-hybridized carbons (Fsp3) is 0.307. The van der Waals surface area contributed by atoms with Crippen molar-refractivity contribution in [2.75, 3.05) is 103 Å². The number of nitrogens with one attached hydrogen (secondary N) is 6. The van der Waals surface area contributed by atoms with E-state index in [-0.39, 0.29) is 102 Å². The summed E-state index contributed by atoms with van der Waals surface area (Å²) in [6, 6.07) is 47.8. The number of hydrogen-bond donors (Lipinski definition) is 9. The number of nitrogens with two attached hydrogens (primary N) is 3. The van der Waals surface area contributed by atoms with Crippen molar-refractivity contribution in [1.82, 2.24) is 34.6 Å². The fourth-order valence-electron chi connectivity index (χ4n) is 17.3. The third kappa shape index (κ3) is 20.7. The molecule has 8 aliphatic rings. The molecule has 0 unspecified atom stereocenters. The Kier molecular flexibility index (Phi) is 27.3. The van der Waals surface area contributed by atoms with Gasteiger partial charge in [0.15, 0.2) is 9.84 Å². The first-order valence-corrected chi connectivity index (χ1v) is 45.5. The summed E-state index contributed by atoms with van der Waals surface area (Å²) >= 11 is 0. The molecule has 1 aliphatic carbocycles. The number of aromatic nitrogens is 3. The second-order valence-corrected chi connectivity index (χ2v) is 37.7. The summed E-state index contributed by atoms with van der Waals surface area (Å²) in [5.74, 6) is -0.746. The van der Waals surface area contributed by atoms with E-state index in [9.17, 15) is 46.4 Å². The first-order valence-electron chi connectivity index (χ1n) is 44.0. The van der Waals surface area contributed by atoms with Crippen LogP contribution in [0, 0.1) is 38.3 Å². The molecule has 0 spiro atoms. The summed E-state index contributed by atoms with van der Waals surface area (Å²) in [5, 5.41) is 21.0. The maximum atomic E-state index is 15.2. The molecule has 0 radical (unpaired) electrons. The summed E-state index contributed by atoms with van der Waals surface area (Å²) in [5.41, 5.74) is 32.7. The van der Waals surface area contributed by atoms with Crippen molar-refractivity contribution in [3.05, 3.63) is 278 Å². The molecule has 20 rings (SSSR count). The number of rotatable bonds is 11. The van der Waals surface area contributed by atoms with Crippen LogP contribution in [0.5, 0.6) is 0 Å². The van der Waals surface area contributed by atoms with Gasteiger partial charge in [0.2, 0.25) is 17.7 Å². The minimum Gasteiger partial charge on any atom is -0.449 e. The van der Waals surface area contributed by atoms with Crippen LogP contribution in [0.2, 0.25) is 0 Å². The first kappa shape index (κ1) is 92.2. The van der Waals surface area contributed by atoms with Gasteiger partial charge < -0.3 is 67.0 Å². The van der Waals surface area contributed by atoms with Gasteiger partial charge in [-0.3, -0.25) is 35.1 Å².